The maximum atomic E-state index is 12.1. The van der Waals surface area contributed by atoms with Gasteiger partial charge in [0.2, 0.25) is 0 Å². The molecule has 0 amide bonds. The molecular weight excluding hydrogens is 268 g/mol. The van der Waals surface area contributed by atoms with Gasteiger partial charge in [0.25, 0.3) is 5.56 Å². The lowest BCUT2D eigenvalue weighted by atomic mass is 10.0. The molecule has 0 spiro atoms. The zero-order valence-electron chi connectivity index (χ0n) is 12.7. The fourth-order valence-electron chi connectivity index (χ4n) is 2.39. The van der Waals surface area contributed by atoms with Crippen molar-refractivity contribution in [3.63, 3.8) is 0 Å². The fourth-order valence-corrected chi connectivity index (χ4v) is 2.39. The van der Waals surface area contributed by atoms with Crippen molar-refractivity contribution < 1.29 is 4.74 Å². The molecule has 2 heterocycles. The number of hydrogen-bond donors (Lipinski definition) is 3. The van der Waals surface area contributed by atoms with Crippen LogP contribution in [0.3, 0.4) is 0 Å². The predicted octanol–water partition coefficient (Wildman–Crippen LogP) is 1.95. The molecule has 1 saturated heterocycles. The number of anilines is 1. The first-order valence-electron chi connectivity index (χ1n) is 7.62. The van der Waals surface area contributed by atoms with E-state index in [1.54, 1.807) is 0 Å². The van der Waals surface area contributed by atoms with Crippen molar-refractivity contribution in [1.82, 2.24) is 9.97 Å². The highest BCUT2D eigenvalue weighted by molar-refractivity contribution is 5.83. The van der Waals surface area contributed by atoms with Crippen molar-refractivity contribution in [2.24, 2.45) is 5.92 Å². The molecule has 116 valence electrons. The minimum absolute atomic E-state index is 0.156. The molecule has 3 N–H and O–H groups in total. The van der Waals surface area contributed by atoms with Crippen molar-refractivity contribution in [2.45, 2.75) is 45.6 Å². The smallest absolute Gasteiger partial charge is 0.261 e. The average molecular weight is 292 g/mol. The zero-order chi connectivity index (χ0) is 15.2. The van der Waals surface area contributed by atoms with E-state index < -0.39 is 0 Å². The van der Waals surface area contributed by atoms with Gasteiger partial charge >= 0.3 is 0 Å². The van der Waals surface area contributed by atoms with Gasteiger partial charge in [-0.1, -0.05) is 20.3 Å². The van der Waals surface area contributed by atoms with Gasteiger partial charge in [-0.15, -0.1) is 0 Å². The Balaban J connectivity index is 2.23. The maximum absolute atomic E-state index is 12.1. The molecular formula is C15H24N4O2. The number of H-pyrrole nitrogens is 1. The average Bonchev–Trinajstić information content (AvgIpc) is 2.48. The number of ether oxygens (including phenoxy) is 1. The SMILES string of the molecule is CCC(C)Cc1nc(NC2CCCOC2)c(C=N)c(=O)[nH]1. The van der Waals surface area contributed by atoms with Gasteiger partial charge in [-0.05, 0) is 18.8 Å². The molecule has 0 saturated carbocycles. The Bertz CT molecular complexity index is 535. The third-order valence-electron chi connectivity index (χ3n) is 3.89. The fraction of sp³-hybridized carbons (Fsp3) is 0.667. The lowest BCUT2D eigenvalue weighted by molar-refractivity contribution is 0.0875. The number of hydrogen-bond acceptors (Lipinski definition) is 5. The largest absolute Gasteiger partial charge is 0.379 e. The van der Waals surface area contributed by atoms with Gasteiger partial charge < -0.3 is 20.4 Å². The summed E-state index contributed by atoms with van der Waals surface area (Å²) >= 11 is 0. The van der Waals surface area contributed by atoms with E-state index in [1.165, 1.54) is 0 Å². The maximum Gasteiger partial charge on any atom is 0.261 e. The quantitative estimate of drug-likeness (QED) is 0.699. The topological polar surface area (TPSA) is 90.9 Å². The Morgan fingerprint density at radius 1 is 1.62 bits per heavy atom. The van der Waals surface area contributed by atoms with E-state index in [2.05, 4.69) is 29.1 Å². The normalized spacial score (nSPS) is 20.0. The second kappa shape index (κ2) is 7.36. The van der Waals surface area contributed by atoms with E-state index in [4.69, 9.17) is 10.1 Å². The number of aromatic nitrogens is 2. The summed E-state index contributed by atoms with van der Waals surface area (Å²) in [6.07, 6.45) is 4.83. The van der Waals surface area contributed by atoms with Crippen LogP contribution in [0.2, 0.25) is 0 Å². The summed E-state index contributed by atoms with van der Waals surface area (Å²) in [5, 5.41) is 10.7. The molecule has 1 aromatic heterocycles. The summed E-state index contributed by atoms with van der Waals surface area (Å²) in [7, 11) is 0. The standard InChI is InChI=1S/C15H24N4O2/c1-3-10(2)7-13-18-14(12(8-16)15(20)19-13)17-11-5-4-6-21-9-11/h8,10-11,16H,3-7,9H2,1-2H3,(H2,17,18,19,20). The van der Waals surface area contributed by atoms with Crippen LogP contribution >= 0.6 is 0 Å². The molecule has 1 fully saturated rings. The van der Waals surface area contributed by atoms with E-state index >= 15 is 0 Å². The molecule has 1 aromatic rings. The van der Waals surface area contributed by atoms with Crippen LogP contribution in [0.1, 0.15) is 44.5 Å². The van der Waals surface area contributed by atoms with E-state index in [1.807, 2.05) is 0 Å². The summed E-state index contributed by atoms with van der Waals surface area (Å²) < 4.78 is 5.44. The second-order valence-electron chi connectivity index (χ2n) is 5.70. The molecule has 0 aliphatic carbocycles. The Morgan fingerprint density at radius 2 is 2.43 bits per heavy atom. The van der Waals surface area contributed by atoms with Crippen LogP contribution in [0.15, 0.2) is 4.79 Å². The van der Waals surface area contributed by atoms with Crippen LogP contribution in [0.5, 0.6) is 0 Å². The van der Waals surface area contributed by atoms with Crippen molar-refractivity contribution in [3.8, 4) is 0 Å². The molecule has 2 rings (SSSR count). The van der Waals surface area contributed by atoms with Crippen LogP contribution in [-0.4, -0.2) is 35.4 Å². The number of nitrogens with zero attached hydrogens (tertiary/aromatic N) is 1. The van der Waals surface area contributed by atoms with Gasteiger partial charge in [-0.2, -0.15) is 0 Å². The van der Waals surface area contributed by atoms with Crippen LogP contribution in [0.25, 0.3) is 0 Å². The molecule has 2 atom stereocenters. The molecule has 2 unspecified atom stereocenters. The van der Waals surface area contributed by atoms with E-state index in [0.717, 1.165) is 38.5 Å². The number of aromatic amines is 1. The Kier molecular flexibility index (Phi) is 5.50. The van der Waals surface area contributed by atoms with Crippen molar-refractivity contribution in [2.75, 3.05) is 18.5 Å². The summed E-state index contributed by atoms with van der Waals surface area (Å²) in [5.41, 5.74) is 0.0333. The van der Waals surface area contributed by atoms with E-state index in [9.17, 15) is 4.79 Å². The lowest BCUT2D eigenvalue weighted by Crippen LogP contribution is -2.32. The van der Waals surface area contributed by atoms with Gasteiger partial charge in [-0.25, -0.2) is 4.98 Å². The minimum Gasteiger partial charge on any atom is -0.379 e. The van der Waals surface area contributed by atoms with Gasteiger partial charge in [0.1, 0.15) is 11.6 Å². The first-order valence-corrected chi connectivity index (χ1v) is 7.62. The molecule has 21 heavy (non-hydrogen) atoms. The summed E-state index contributed by atoms with van der Waals surface area (Å²) in [6, 6.07) is 0.156. The molecule has 6 heteroatoms. The van der Waals surface area contributed by atoms with Gasteiger partial charge in [0, 0.05) is 19.2 Å². The monoisotopic (exact) mass is 292 g/mol. The van der Waals surface area contributed by atoms with Gasteiger partial charge in [0.05, 0.1) is 18.2 Å². The molecule has 1 aliphatic heterocycles. The highest BCUT2D eigenvalue weighted by atomic mass is 16.5. The number of nitrogens with one attached hydrogen (secondary N) is 3. The predicted molar refractivity (Wildman–Crippen MR) is 83.4 cm³/mol. The summed E-state index contributed by atoms with van der Waals surface area (Å²) in [4.78, 5) is 19.4. The summed E-state index contributed by atoms with van der Waals surface area (Å²) in [5.74, 6) is 1.64. The zero-order valence-corrected chi connectivity index (χ0v) is 12.7. The van der Waals surface area contributed by atoms with Crippen molar-refractivity contribution in [3.05, 3.63) is 21.7 Å². The van der Waals surface area contributed by atoms with Gasteiger partial charge in [0.15, 0.2) is 0 Å². The molecule has 6 nitrogen and oxygen atoms in total. The Hall–Kier alpha value is -1.69. The highest BCUT2D eigenvalue weighted by Crippen LogP contribution is 2.15. The minimum atomic E-state index is -0.252. The first-order chi connectivity index (χ1) is 10.1. The molecule has 0 bridgehead atoms. The van der Waals surface area contributed by atoms with Crippen LogP contribution in [-0.2, 0) is 11.2 Å². The lowest BCUT2D eigenvalue weighted by Gasteiger charge is -2.24. The van der Waals surface area contributed by atoms with Crippen LogP contribution in [0, 0.1) is 11.3 Å². The van der Waals surface area contributed by atoms with Crippen molar-refractivity contribution in [1.29, 1.82) is 5.41 Å². The van der Waals surface area contributed by atoms with Crippen LogP contribution in [0.4, 0.5) is 5.82 Å². The summed E-state index contributed by atoms with van der Waals surface area (Å²) in [6.45, 7) is 5.66. The van der Waals surface area contributed by atoms with Crippen LogP contribution < -0.4 is 10.9 Å². The van der Waals surface area contributed by atoms with Gasteiger partial charge in [-0.3, -0.25) is 4.79 Å². The molecule has 1 aliphatic rings. The third kappa shape index (κ3) is 4.14. The Morgan fingerprint density at radius 3 is 3.05 bits per heavy atom. The second-order valence-corrected chi connectivity index (χ2v) is 5.70. The van der Waals surface area contributed by atoms with E-state index in [-0.39, 0.29) is 17.2 Å². The third-order valence-corrected chi connectivity index (χ3v) is 3.89. The molecule has 0 aromatic carbocycles. The first kappa shape index (κ1) is 15.7. The van der Waals surface area contributed by atoms with Crippen molar-refractivity contribution >= 4 is 12.0 Å². The van der Waals surface area contributed by atoms with E-state index in [0.29, 0.717) is 24.2 Å². The molecule has 0 radical (unpaired) electrons. The Labute approximate surface area is 124 Å². The highest BCUT2D eigenvalue weighted by Gasteiger charge is 2.18. The number of rotatable bonds is 6.